The summed E-state index contributed by atoms with van der Waals surface area (Å²) >= 11 is 3.62. The molecule has 0 bridgehead atoms. The highest BCUT2D eigenvalue weighted by Crippen LogP contribution is 2.34. The molecule has 0 heterocycles. The lowest BCUT2D eigenvalue weighted by atomic mass is 9.86. The predicted molar refractivity (Wildman–Crippen MR) is 77.4 cm³/mol. The Kier molecular flexibility index (Phi) is 5.07. The van der Waals surface area contributed by atoms with Gasteiger partial charge in [-0.1, -0.05) is 47.3 Å². The van der Waals surface area contributed by atoms with Gasteiger partial charge in [0.1, 0.15) is 5.75 Å². The van der Waals surface area contributed by atoms with Gasteiger partial charge in [0.25, 0.3) is 0 Å². The number of rotatable bonds is 5. The predicted octanol–water partition coefficient (Wildman–Crippen LogP) is 4.31. The van der Waals surface area contributed by atoms with E-state index in [0.717, 1.165) is 11.1 Å². The van der Waals surface area contributed by atoms with Crippen LogP contribution in [0.5, 0.6) is 5.75 Å². The number of hydrogen-bond donors (Lipinski definition) is 0. The van der Waals surface area contributed by atoms with E-state index in [9.17, 15) is 0 Å². The minimum atomic E-state index is 0.0430. The Morgan fingerprint density at radius 1 is 1.22 bits per heavy atom. The fraction of sp³-hybridized carbons (Fsp3) is 0.600. The molecule has 1 aliphatic rings. The van der Waals surface area contributed by atoms with Crippen LogP contribution in [-0.2, 0) is 11.3 Å². The zero-order valence-electron chi connectivity index (χ0n) is 11.0. The molecule has 0 spiro atoms. The van der Waals surface area contributed by atoms with Gasteiger partial charge in [0.05, 0.1) is 19.3 Å². The van der Waals surface area contributed by atoms with Crippen LogP contribution in [-0.4, -0.2) is 18.0 Å². The zero-order valence-corrected chi connectivity index (χ0v) is 12.5. The fourth-order valence-corrected chi connectivity index (χ4v) is 3.23. The first kappa shape index (κ1) is 13.9. The van der Waals surface area contributed by atoms with Gasteiger partial charge in [-0.05, 0) is 30.5 Å². The van der Waals surface area contributed by atoms with Gasteiger partial charge in [-0.2, -0.15) is 0 Å². The maximum absolute atomic E-state index is 6.20. The summed E-state index contributed by atoms with van der Waals surface area (Å²) in [4.78, 5) is 0. The van der Waals surface area contributed by atoms with Gasteiger partial charge in [-0.25, -0.2) is 0 Å². The highest BCUT2D eigenvalue weighted by molar-refractivity contribution is 9.09. The molecule has 0 unspecified atom stereocenters. The molecule has 2 rings (SSSR count). The van der Waals surface area contributed by atoms with Crippen molar-refractivity contribution in [2.24, 2.45) is 0 Å². The second kappa shape index (κ2) is 6.58. The number of alkyl halides is 1. The monoisotopic (exact) mass is 312 g/mol. The molecule has 0 N–H and O–H groups in total. The van der Waals surface area contributed by atoms with Crippen LogP contribution in [0, 0.1) is 0 Å². The lowest BCUT2D eigenvalue weighted by Crippen LogP contribution is -2.36. The van der Waals surface area contributed by atoms with E-state index in [-0.39, 0.29) is 5.60 Å². The van der Waals surface area contributed by atoms with Gasteiger partial charge in [0, 0.05) is 5.33 Å². The molecule has 1 saturated carbocycles. The van der Waals surface area contributed by atoms with Crippen LogP contribution in [0.15, 0.2) is 24.3 Å². The number of benzene rings is 1. The molecule has 18 heavy (non-hydrogen) atoms. The van der Waals surface area contributed by atoms with E-state index in [2.05, 4.69) is 22.0 Å². The molecule has 3 heteroatoms. The minimum absolute atomic E-state index is 0.0430. The SMILES string of the molecule is COc1cccc(COC2(CBr)CCCCC2)c1. The van der Waals surface area contributed by atoms with E-state index < -0.39 is 0 Å². The van der Waals surface area contributed by atoms with Crippen molar-refractivity contribution in [1.29, 1.82) is 0 Å². The summed E-state index contributed by atoms with van der Waals surface area (Å²) in [6.07, 6.45) is 6.25. The maximum Gasteiger partial charge on any atom is 0.119 e. The number of hydrogen-bond acceptors (Lipinski definition) is 2. The van der Waals surface area contributed by atoms with Gasteiger partial charge in [0.2, 0.25) is 0 Å². The standard InChI is InChI=1S/C15H21BrO2/c1-17-14-7-5-6-13(10-14)11-18-15(12-16)8-3-2-4-9-15/h5-7,10H,2-4,8-9,11-12H2,1H3. The Morgan fingerprint density at radius 2 is 2.00 bits per heavy atom. The maximum atomic E-state index is 6.20. The minimum Gasteiger partial charge on any atom is -0.497 e. The van der Waals surface area contributed by atoms with Crippen molar-refractivity contribution in [3.05, 3.63) is 29.8 Å². The molecule has 0 saturated heterocycles. The lowest BCUT2D eigenvalue weighted by molar-refractivity contribution is -0.0620. The Bertz CT molecular complexity index is 373. The summed E-state index contributed by atoms with van der Waals surface area (Å²) in [5.41, 5.74) is 1.22. The first-order valence-electron chi connectivity index (χ1n) is 6.61. The van der Waals surface area contributed by atoms with Crippen molar-refractivity contribution in [3.8, 4) is 5.75 Å². The molecule has 0 amide bonds. The zero-order chi connectivity index (χ0) is 12.8. The molecule has 1 aromatic rings. The molecular formula is C15H21BrO2. The Labute approximate surface area is 118 Å². The third kappa shape index (κ3) is 3.48. The van der Waals surface area contributed by atoms with Crippen LogP contribution in [0.3, 0.4) is 0 Å². The van der Waals surface area contributed by atoms with Crippen molar-refractivity contribution in [1.82, 2.24) is 0 Å². The molecule has 0 atom stereocenters. The van der Waals surface area contributed by atoms with E-state index in [0.29, 0.717) is 6.61 Å². The van der Waals surface area contributed by atoms with E-state index in [1.165, 1.54) is 37.7 Å². The molecule has 100 valence electrons. The highest BCUT2D eigenvalue weighted by atomic mass is 79.9. The molecular weight excluding hydrogens is 292 g/mol. The Morgan fingerprint density at radius 3 is 2.67 bits per heavy atom. The third-order valence-corrected chi connectivity index (χ3v) is 4.71. The topological polar surface area (TPSA) is 18.5 Å². The quantitative estimate of drug-likeness (QED) is 0.754. The summed E-state index contributed by atoms with van der Waals surface area (Å²) in [7, 11) is 1.70. The van der Waals surface area contributed by atoms with Crippen LogP contribution >= 0.6 is 15.9 Å². The van der Waals surface area contributed by atoms with Crippen molar-refractivity contribution < 1.29 is 9.47 Å². The summed E-state index contributed by atoms with van der Waals surface area (Å²) in [5.74, 6) is 0.896. The molecule has 0 radical (unpaired) electrons. The van der Waals surface area contributed by atoms with Crippen LogP contribution in [0.25, 0.3) is 0 Å². The Balaban J connectivity index is 1.96. The summed E-state index contributed by atoms with van der Waals surface area (Å²) in [6, 6.07) is 8.11. The average molecular weight is 313 g/mol. The first-order valence-corrected chi connectivity index (χ1v) is 7.73. The number of halogens is 1. The number of ether oxygens (including phenoxy) is 2. The average Bonchev–Trinajstić information content (AvgIpc) is 2.46. The highest BCUT2D eigenvalue weighted by Gasteiger charge is 2.31. The lowest BCUT2D eigenvalue weighted by Gasteiger charge is -2.35. The first-order chi connectivity index (χ1) is 8.78. The molecule has 0 aliphatic heterocycles. The van der Waals surface area contributed by atoms with Gasteiger partial charge < -0.3 is 9.47 Å². The second-order valence-corrected chi connectivity index (χ2v) is 5.58. The van der Waals surface area contributed by atoms with E-state index in [1.807, 2.05) is 18.2 Å². The van der Waals surface area contributed by atoms with Crippen LogP contribution in [0.4, 0.5) is 0 Å². The van der Waals surface area contributed by atoms with Gasteiger partial charge in [0.15, 0.2) is 0 Å². The van der Waals surface area contributed by atoms with Crippen LogP contribution < -0.4 is 4.74 Å². The van der Waals surface area contributed by atoms with Crippen molar-refractivity contribution in [2.45, 2.75) is 44.3 Å². The third-order valence-electron chi connectivity index (χ3n) is 3.69. The van der Waals surface area contributed by atoms with E-state index in [1.54, 1.807) is 7.11 Å². The van der Waals surface area contributed by atoms with Gasteiger partial charge in [-0.15, -0.1) is 0 Å². The summed E-state index contributed by atoms with van der Waals surface area (Å²) in [5, 5.41) is 0.934. The van der Waals surface area contributed by atoms with Crippen molar-refractivity contribution >= 4 is 15.9 Å². The van der Waals surface area contributed by atoms with Gasteiger partial charge in [-0.3, -0.25) is 0 Å². The smallest absolute Gasteiger partial charge is 0.119 e. The molecule has 1 aromatic carbocycles. The van der Waals surface area contributed by atoms with Gasteiger partial charge >= 0.3 is 0 Å². The van der Waals surface area contributed by atoms with E-state index in [4.69, 9.17) is 9.47 Å². The van der Waals surface area contributed by atoms with Crippen molar-refractivity contribution in [3.63, 3.8) is 0 Å². The van der Waals surface area contributed by atoms with E-state index >= 15 is 0 Å². The number of methoxy groups -OCH3 is 1. The fourth-order valence-electron chi connectivity index (χ4n) is 2.51. The van der Waals surface area contributed by atoms with Crippen LogP contribution in [0.1, 0.15) is 37.7 Å². The molecule has 1 aliphatic carbocycles. The molecule has 1 fully saturated rings. The van der Waals surface area contributed by atoms with Crippen molar-refractivity contribution in [2.75, 3.05) is 12.4 Å². The summed E-state index contributed by atoms with van der Waals surface area (Å²) < 4.78 is 11.4. The second-order valence-electron chi connectivity index (χ2n) is 5.02. The molecule has 0 aromatic heterocycles. The Hall–Kier alpha value is -0.540. The van der Waals surface area contributed by atoms with Crippen LogP contribution in [0.2, 0.25) is 0 Å². The normalized spacial score (nSPS) is 18.6. The largest absolute Gasteiger partial charge is 0.497 e. The molecule has 2 nitrogen and oxygen atoms in total. The summed E-state index contributed by atoms with van der Waals surface area (Å²) in [6.45, 7) is 0.669.